The van der Waals surface area contributed by atoms with E-state index in [1.54, 1.807) is 0 Å². The summed E-state index contributed by atoms with van der Waals surface area (Å²) < 4.78 is 18.6. The first-order valence-corrected chi connectivity index (χ1v) is 22.4. The van der Waals surface area contributed by atoms with Crippen LogP contribution in [-0.2, 0) is 10.3 Å². The summed E-state index contributed by atoms with van der Waals surface area (Å²) in [6.07, 6.45) is 10.4. The topological polar surface area (TPSA) is 51.2 Å². The number of halogens is 4. The highest BCUT2D eigenvalue weighted by atomic mass is 35.5. The second kappa shape index (κ2) is 18.6. The van der Waals surface area contributed by atoms with Gasteiger partial charge in [0.15, 0.2) is 5.60 Å². The summed E-state index contributed by atoms with van der Waals surface area (Å²) in [5.41, 5.74) is 6.26. The number of fused-ring (bicyclic) bond motifs is 1. The zero-order valence-corrected chi connectivity index (χ0v) is 36.9. The first-order chi connectivity index (χ1) is 29.2. The van der Waals surface area contributed by atoms with Crippen molar-refractivity contribution in [2.45, 2.75) is 58.0 Å². The highest BCUT2D eigenvalue weighted by Gasteiger charge is 2.48. The molecule has 2 saturated heterocycles. The van der Waals surface area contributed by atoms with Gasteiger partial charge in [0.05, 0.1) is 38.9 Å². The molecule has 3 aliphatic heterocycles. The van der Waals surface area contributed by atoms with Crippen LogP contribution in [0.3, 0.4) is 0 Å². The Morgan fingerprint density at radius 1 is 0.567 bits per heavy atom. The van der Waals surface area contributed by atoms with Gasteiger partial charge in [-0.05, 0) is 133 Å². The van der Waals surface area contributed by atoms with Gasteiger partial charge in [0.25, 0.3) is 0 Å². The molecule has 2 fully saturated rings. The Hall–Kier alpha value is -4.59. The molecule has 0 amide bonds. The Morgan fingerprint density at radius 3 is 1.32 bits per heavy atom. The summed E-state index contributed by atoms with van der Waals surface area (Å²) in [4.78, 5) is 19.1. The number of benzene rings is 5. The molecule has 60 heavy (non-hydrogen) atoms. The predicted octanol–water partition coefficient (Wildman–Crippen LogP) is 13.7. The maximum atomic E-state index is 14.3. The molecule has 0 atom stereocenters. The Morgan fingerprint density at radius 2 is 0.933 bits per heavy atom. The molecule has 6 nitrogen and oxygen atoms in total. The van der Waals surface area contributed by atoms with E-state index in [0.29, 0.717) is 18.8 Å². The summed E-state index contributed by atoms with van der Waals surface area (Å²) in [6, 6.07) is 33.0. The quantitative estimate of drug-likeness (QED) is 0.0629. The molecule has 0 spiro atoms. The fraction of sp³-hybridized carbons (Fsp3) is 0.300. The van der Waals surface area contributed by atoms with Crippen molar-refractivity contribution in [3.63, 3.8) is 0 Å². The third-order valence-corrected chi connectivity index (χ3v) is 13.2. The Labute approximate surface area is 373 Å². The second-order valence-corrected chi connectivity index (χ2v) is 17.0. The van der Waals surface area contributed by atoms with Crippen LogP contribution < -0.4 is 19.3 Å². The molecule has 0 radical (unpaired) electrons. The molecular weight excluding hydrogens is 834 g/mol. The number of anilines is 2. The van der Waals surface area contributed by atoms with Crippen LogP contribution in [0.5, 0.6) is 11.5 Å². The largest absolute Gasteiger partial charge is 0.494 e. The van der Waals surface area contributed by atoms with Crippen LogP contribution >= 0.6 is 46.4 Å². The van der Waals surface area contributed by atoms with Crippen LogP contribution in [0.15, 0.2) is 109 Å². The van der Waals surface area contributed by atoms with E-state index in [2.05, 4.69) is 72.2 Å². The van der Waals surface area contributed by atoms with Crippen molar-refractivity contribution in [3.8, 4) is 11.5 Å². The predicted molar refractivity (Wildman–Crippen MR) is 248 cm³/mol. The van der Waals surface area contributed by atoms with Crippen molar-refractivity contribution in [1.29, 1.82) is 0 Å². The molecule has 0 aromatic heterocycles. The van der Waals surface area contributed by atoms with Gasteiger partial charge < -0.3 is 24.0 Å². The van der Waals surface area contributed by atoms with Crippen molar-refractivity contribution in [3.05, 3.63) is 163 Å². The van der Waals surface area contributed by atoms with Gasteiger partial charge in [-0.15, -0.1) is 0 Å². The molecule has 0 N–H and O–H groups in total. The van der Waals surface area contributed by atoms with E-state index in [4.69, 9.17) is 60.6 Å². The zero-order chi connectivity index (χ0) is 41.8. The molecule has 0 unspecified atom stereocenters. The van der Waals surface area contributed by atoms with Gasteiger partial charge in [-0.25, -0.2) is 4.79 Å². The minimum atomic E-state index is -1.62. The first-order valence-electron chi connectivity index (χ1n) is 20.9. The minimum absolute atomic E-state index is 0.0106. The van der Waals surface area contributed by atoms with Crippen molar-refractivity contribution in [2.75, 3.05) is 49.2 Å². The van der Waals surface area contributed by atoms with E-state index in [0.717, 1.165) is 95.3 Å². The lowest BCUT2D eigenvalue weighted by molar-refractivity contribution is 0.0300. The third kappa shape index (κ3) is 8.63. The van der Waals surface area contributed by atoms with Gasteiger partial charge in [-0.3, -0.25) is 0 Å². The number of cyclic esters (lactones) is 1. The van der Waals surface area contributed by atoms with Crippen molar-refractivity contribution in [1.82, 2.24) is 0 Å². The lowest BCUT2D eigenvalue weighted by Crippen LogP contribution is -2.23. The van der Waals surface area contributed by atoms with E-state index in [1.165, 1.54) is 25.7 Å². The highest BCUT2D eigenvalue weighted by molar-refractivity contribution is 6.53. The standard InChI is InChI=1S/C50H48Cl4N2O4/c1-3-29-58-39-21-13-35(14-22-39)41(33-9-17-37(18-10-33)55-25-5-6-26-55)31-50(44-43(49(57)60-50)45(51)47(53)48(54)46(44)52)32-42(36-15-23-40(24-16-36)59-30-4-2)34-11-19-38(20-12-34)56-27-7-8-28-56/h9-24,31-32H,3-8,25-30H2,1-2H3. The summed E-state index contributed by atoms with van der Waals surface area (Å²) >= 11 is 27.6. The zero-order valence-electron chi connectivity index (χ0n) is 33.9. The molecule has 0 bridgehead atoms. The van der Waals surface area contributed by atoms with Crippen molar-refractivity contribution < 1.29 is 19.0 Å². The number of carbonyl (C=O) groups is 1. The van der Waals surface area contributed by atoms with Crippen molar-refractivity contribution in [2.24, 2.45) is 0 Å². The number of hydrogen-bond acceptors (Lipinski definition) is 6. The molecule has 3 heterocycles. The number of carbonyl (C=O) groups excluding carboxylic acids is 1. The smallest absolute Gasteiger partial charge is 0.341 e. The Balaban J connectivity index is 1.38. The van der Waals surface area contributed by atoms with E-state index in [9.17, 15) is 4.79 Å². The Kier molecular flexibility index (Phi) is 13.0. The average Bonchev–Trinajstić information content (AvgIpc) is 4.08. The van der Waals surface area contributed by atoms with Crippen molar-refractivity contribution >= 4 is 74.9 Å². The maximum absolute atomic E-state index is 14.3. The molecule has 10 heteroatoms. The lowest BCUT2D eigenvalue weighted by atomic mass is 9.83. The average molecular weight is 883 g/mol. The summed E-state index contributed by atoms with van der Waals surface area (Å²) in [5, 5.41) is 0.0918. The van der Waals surface area contributed by atoms with E-state index in [1.807, 2.05) is 60.7 Å². The lowest BCUT2D eigenvalue weighted by Gasteiger charge is -2.28. The van der Waals surface area contributed by atoms with Crippen LogP contribution in [0.25, 0.3) is 11.1 Å². The summed E-state index contributed by atoms with van der Waals surface area (Å²) in [6.45, 7) is 9.48. The van der Waals surface area contributed by atoms with Gasteiger partial charge in [-0.2, -0.15) is 0 Å². The van der Waals surface area contributed by atoms with Crippen LogP contribution in [-0.4, -0.2) is 45.4 Å². The molecular formula is C50H48Cl4N2O4. The molecule has 0 saturated carbocycles. The van der Waals surface area contributed by atoms with Crippen LogP contribution in [0.1, 0.15) is 90.5 Å². The summed E-state index contributed by atoms with van der Waals surface area (Å²) in [7, 11) is 0. The maximum Gasteiger partial charge on any atom is 0.341 e. The van der Waals surface area contributed by atoms with Crippen LogP contribution in [0.4, 0.5) is 11.4 Å². The highest BCUT2D eigenvalue weighted by Crippen LogP contribution is 2.53. The Bertz CT molecular complexity index is 2260. The molecule has 3 aliphatic rings. The number of ether oxygens (including phenoxy) is 3. The SMILES string of the molecule is CCCOc1ccc(C(=CC2(C=C(c3ccc(OCCC)cc3)c3ccc(N4CCCC4)cc3)OC(=O)c3c(Cl)c(Cl)c(Cl)c(Cl)c32)c2ccc(N3CCCC3)cc2)cc1. The molecule has 310 valence electrons. The third-order valence-electron chi connectivity index (χ3n) is 11.4. The van der Waals surface area contributed by atoms with Crippen LogP contribution in [0, 0.1) is 0 Å². The second-order valence-electron chi connectivity index (χ2n) is 15.5. The monoisotopic (exact) mass is 880 g/mol. The number of rotatable bonds is 14. The molecule has 5 aromatic carbocycles. The van der Waals surface area contributed by atoms with Crippen LogP contribution in [0.2, 0.25) is 20.1 Å². The van der Waals surface area contributed by atoms with E-state index in [-0.39, 0.29) is 25.7 Å². The van der Waals surface area contributed by atoms with E-state index >= 15 is 0 Å². The van der Waals surface area contributed by atoms with Gasteiger partial charge in [0.1, 0.15) is 11.5 Å². The van der Waals surface area contributed by atoms with Gasteiger partial charge in [0.2, 0.25) is 0 Å². The summed E-state index contributed by atoms with van der Waals surface area (Å²) in [5.74, 6) is 0.861. The van der Waals surface area contributed by atoms with Gasteiger partial charge in [-0.1, -0.05) is 109 Å². The van der Waals surface area contributed by atoms with Gasteiger partial charge in [0, 0.05) is 43.1 Å². The fourth-order valence-corrected chi connectivity index (χ4v) is 9.42. The number of nitrogens with zero attached hydrogens (tertiary/aromatic N) is 2. The molecule has 5 aromatic rings. The molecule has 0 aliphatic carbocycles. The van der Waals surface area contributed by atoms with E-state index < -0.39 is 11.6 Å². The van der Waals surface area contributed by atoms with Gasteiger partial charge >= 0.3 is 5.97 Å². The first kappa shape index (κ1) is 42.1. The fourth-order valence-electron chi connectivity index (χ4n) is 8.34. The number of hydrogen-bond donors (Lipinski definition) is 0. The number of esters is 1. The minimum Gasteiger partial charge on any atom is -0.494 e. The molecule has 8 rings (SSSR count). The normalized spacial score (nSPS) is 17.9.